The molecular formula is C69H113NO8. The van der Waals surface area contributed by atoms with Crippen molar-refractivity contribution in [3.05, 3.63) is 146 Å². The van der Waals surface area contributed by atoms with Gasteiger partial charge < -0.3 is 40.3 Å². The van der Waals surface area contributed by atoms with Gasteiger partial charge in [-0.2, -0.15) is 0 Å². The van der Waals surface area contributed by atoms with Crippen LogP contribution in [-0.2, 0) is 14.3 Å². The van der Waals surface area contributed by atoms with Crippen molar-refractivity contribution in [1.29, 1.82) is 0 Å². The van der Waals surface area contributed by atoms with Crippen LogP contribution in [0.25, 0.3) is 0 Å². The van der Waals surface area contributed by atoms with E-state index in [4.69, 9.17) is 9.47 Å². The topological polar surface area (TPSA) is 149 Å². The molecule has 0 aromatic heterocycles. The molecule has 0 aromatic rings. The monoisotopic (exact) mass is 1080 g/mol. The maximum Gasteiger partial charge on any atom is 0.220 e. The van der Waals surface area contributed by atoms with E-state index in [0.717, 1.165) is 96.3 Å². The smallest absolute Gasteiger partial charge is 0.220 e. The molecule has 1 aliphatic heterocycles. The Morgan fingerprint density at radius 2 is 0.808 bits per heavy atom. The molecule has 0 saturated carbocycles. The van der Waals surface area contributed by atoms with Gasteiger partial charge in [-0.05, 0) is 109 Å². The number of ether oxygens (including phenoxy) is 2. The van der Waals surface area contributed by atoms with E-state index in [1.807, 2.05) is 6.08 Å². The number of nitrogens with one attached hydrogen (secondary N) is 1. The van der Waals surface area contributed by atoms with Crippen LogP contribution in [0.5, 0.6) is 0 Å². The average Bonchev–Trinajstić information content (AvgIpc) is 3.45. The molecule has 1 aliphatic rings. The molecule has 0 bridgehead atoms. The third-order valence-corrected chi connectivity index (χ3v) is 13.6. The average molecular weight is 1080 g/mol. The van der Waals surface area contributed by atoms with Gasteiger partial charge in [0, 0.05) is 6.42 Å². The molecule has 1 saturated heterocycles. The predicted octanol–water partition coefficient (Wildman–Crippen LogP) is 16.2. The molecule has 0 spiro atoms. The van der Waals surface area contributed by atoms with E-state index in [9.17, 15) is 30.3 Å². The van der Waals surface area contributed by atoms with Gasteiger partial charge in [-0.25, -0.2) is 0 Å². The molecule has 0 radical (unpaired) electrons. The van der Waals surface area contributed by atoms with Gasteiger partial charge >= 0.3 is 0 Å². The number of rotatable bonds is 51. The van der Waals surface area contributed by atoms with Gasteiger partial charge in [0.2, 0.25) is 5.91 Å². The number of hydrogen-bond acceptors (Lipinski definition) is 8. The van der Waals surface area contributed by atoms with Gasteiger partial charge in [0.1, 0.15) is 24.4 Å². The Morgan fingerprint density at radius 3 is 1.23 bits per heavy atom. The fourth-order valence-corrected chi connectivity index (χ4v) is 8.79. The second kappa shape index (κ2) is 56.3. The number of aliphatic hydroxyl groups excluding tert-OH is 5. The van der Waals surface area contributed by atoms with Gasteiger partial charge in [-0.3, -0.25) is 4.79 Å². The van der Waals surface area contributed by atoms with Crippen molar-refractivity contribution in [2.45, 2.75) is 269 Å². The molecular weight excluding hydrogens is 971 g/mol. The molecule has 7 atom stereocenters. The van der Waals surface area contributed by atoms with Crippen molar-refractivity contribution in [2.24, 2.45) is 0 Å². The van der Waals surface area contributed by atoms with Crippen LogP contribution in [0, 0.1) is 0 Å². The van der Waals surface area contributed by atoms with Crippen LogP contribution in [0.15, 0.2) is 146 Å². The molecule has 9 nitrogen and oxygen atoms in total. The zero-order valence-electron chi connectivity index (χ0n) is 49.1. The number of unbranched alkanes of at least 4 members (excludes halogenated alkanes) is 19. The summed E-state index contributed by atoms with van der Waals surface area (Å²) in [5.41, 5.74) is 0. The number of aliphatic hydroxyl groups is 5. The van der Waals surface area contributed by atoms with Crippen molar-refractivity contribution in [1.82, 2.24) is 5.32 Å². The number of allylic oxidation sites excluding steroid dienone is 23. The molecule has 9 heteroatoms. The van der Waals surface area contributed by atoms with E-state index in [1.54, 1.807) is 6.08 Å². The summed E-state index contributed by atoms with van der Waals surface area (Å²) in [4.78, 5) is 13.1. The lowest BCUT2D eigenvalue weighted by molar-refractivity contribution is -0.302. The third kappa shape index (κ3) is 44.9. The van der Waals surface area contributed by atoms with Gasteiger partial charge in [0.25, 0.3) is 0 Å². The first-order valence-corrected chi connectivity index (χ1v) is 31.1. The fraction of sp³-hybridized carbons (Fsp3) is 0.638. The first kappa shape index (κ1) is 72.1. The number of hydrogen-bond donors (Lipinski definition) is 6. The lowest BCUT2D eigenvalue weighted by Gasteiger charge is -2.40. The molecule has 7 unspecified atom stereocenters. The van der Waals surface area contributed by atoms with E-state index < -0.39 is 49.5 Å². The highest BCUT2D eigenvalue weighted by atomic mass is 16.7. The van der Waals surface area contributed by atoms with Crippen LogP contribution in [0.2, 0.25) is 0 Å². The predicted molar refractivity (Wildman–Crippen MR) is 331 cm³/mol. The second-order valence-electron chi connectivity index (χ2n) is 20.8. The van der Waals surface area contributed by atoms with Gasteiger partial charge in [0.05, 0.1) is 25.4 Å². The van der Waals surface area contributed by atoms with Crippen molar-refractivity contribution < 1.29 is 39.8 Å². The molecule has 442 valence electrons. The quantitative estimate of drug-likeness (QED) is 0.0261. The number of carbonyl (C=O) groups is 1. The van der Waals surface area contributed by atoms with E-state index in [2.05, 4.69) is 153 Å². The van der Waals surface area contributed by atoms with Crippen LogP contribution in [0.3, 0.4) is 0 Å². The number of amides is 1. The Kier molecular flexibility index (Phi) is 52.1. The second-order valence-corrected chi connectivity index (χ2v) is 20.8. The standard InChI is InChI=1S/C69H113NO8/c1-3-5-7-9-11-13-15-17-19-21-23-25-27-28-29-30-31-32-33-34-35-36-37-39-41-43-45-47-49-51-53-55-57-59-65(73)70-62(61-77-69-68(76)67(75)66(74)64(60-71)78-69)63(72)58-56-54-52-50-48-46-44-42-40-38-26-24-22-20-18-16-14-12-10-8-6-4-2/h5,7,11,13,17,19,23,25,28-29,31-32,34-35,37,39,43,45,48-51,56,58,62-64,66-69,71-72,74-76H,3-4,6,8-10,12,14-16,18,20-22,24,26-27,30,33,36,38,40-42,44,46-47,52-55,57,59-61H2,1-2H3,(H,70,73)/b7-5-,13-11-,19-17-,25-23-,29-28-,32-31-,35-34-,39-37-,45-43-,50-48+,51-49-,58-56+. The van der Waals surface area contributed by atoms with E-state index in [-0.39, 0.29) is 18.9 Å². The normalized spacial score (nSPS) is 19.7. The minimum Gasteiger partial charge on any atom is -0.394 e. The Balaban J connectivity index is 2.29. The van der Waals surface area contributed by atoms with Crippen molar-refractivity contribution >= 4 is 5.91 Å². The fourth-order valence-electron chi connectivity index (χ4n) is 8.79. The summed E-state index contributed by atoms with van der Waals surface area (Å²) in [6, 6.07) is -0.858. The van der Waals surface area contributed by atoms with Crippen LogP contribution in [-0.4, -0.2) is 87.5 Å². The van der Waals surface area contributed by atoms with E-state index >= 15 is 0 Å². The summed E-state index contributed by atoms with van der Waals surface area (Å²) >= 11 is 0. The Hall–Kier alpha value is -3.93. The summed E-state index contributed by atoms with van der Waals surface area (Å²) in [7, 11) is 0. The summed E-state index contributed by atoms with van der Waals surface area (Å²) in [5.74, 6) is -0.234. The van der Waals surface area contributed by atoms with Crippen molar-refractivity contribution in [3.63, 3.8) is 0 Å². The lowest BCUT2D eigenvalue weighted by Crippen LogP contribution is -2.60. The van der Waals surface area contributed by atoms with Gasteiger partial charge in [-0.1, -0.05) is 256 Å². The molecule has 78 heavy (non-hydrogen) atoms. The summed E-state index contributed by atoms with van der Waals surface area (Å²) in [5, 5.41) is 54.5. The molecule has 0 aliphatic carbocycles. The van der Waals surface area contributed by atoms with Crippen molar-refractivity contribution in [2.75, 3.05) is 13.2 Å². The maximum absolute atomic E-state index is 13.1. The van der Waals surface area contributed by atoms with Crippen molar-refractivity contribution in [3.8, 4) is 0 Å². The highest BCUT2D eigenvalue weighted by Gasteiger charge is 2.44. The molecule has 1 rings (SSSR count). The largest absolute Gasteiger partial charge is 0.394 e. The molecule has 0 aromatic carbocycles. The molecule has 1 heterocycles. The first-order valence-electron chi connectivity index (χ1n) is 31.1. The zero-order chi connectivity index (χ0) is 56.5. The zero-order valence-corrected chi connectivity index (χ0v) is 49.1. The van der Waals surface area contributed by atoms with Gasteiger partial charge in [0.15, 0.2) is 6.29 Å². The third-order valence-electron chi connectivity index (χ3n) is 13.6. The van der Waals surface area contributed by atoms with Gasteiger partial charge in [-0.15, -0.1) is 0 Å². The Morgan fingerprint density at radius 1 is 0.449 bits per heavy atom. The molecule has 1 amide bonds. The van der Waals surface area contributed by atoms with E-state index in [0.29, 0.717) is 6.42 Å². The molecule has 1 fully saturated rings. The summed E-state index contributed by atoms with van der Waals surface area (Å²) < 4.78 is 11.2. The van der Waals surface area contributed by atoms with Crippen LogP contribution >= 0.6 is 0 Å². The highest BCUT2D eigenvalue weighted by Crippen LogP contribution is 2.23. The van der Waals surface area contributed by atoms with Crippen LogP contribution in [0.1, 0.15) is 226 Å². The molecule has 6 N–H and O–H groups in total. The number of carbonyl (C=O) groups excluding carboxylic acids is 1. The minimum absolute atomic E-state index is 0.228. The van der Waals surface area contributed by atoms with Crippen LogP contribution in [0.4, 0.5) is 0 Å². The van der Waals surface area contributed by atoms with Crippen LogP contribution < -0.4 is 5.32 Å². The summed E-state index contributed by atoms with van der Waals surface area (Å²) in [6.07, 6.45) is 80.6. The highest BCUT2D eigenvalue weighted by molar-refractivity contribution is 5.76. The summed E-state index contributed by atoms with van der Waals surface area (Å²) in [6.45, 7) is 3.62. The minimum atomic E-state index is -1.59. The Bertz CT molecular complexity index is 1730. The SMILES string of the molecule is CC/C=C\C/C=C\C/C=C\C/C=C\C/C=C\C/C=C\C/C=C\C/C=C\C/C=C\C/C=C\CCCCC(=O)NC(COC1OC(CO)C(O)C(O)C1O)C(O)/C=C/CC/C=C/CCCCCCCCCCCCCCCCCC. The maximum atomic E-state index is 13.1. The Labute approximate surface area is 476 Å². The lowest BCUT2D eigenvalue weighted by atomic mass is 9.99. The van der Waals surface area contributed by atoms with E-state index in [1.165, 1.54) is 103 Å². The first-order chi connectivity index (χ1) is 38.3.